The summed E-state index contributed by atoms with van der Waals surface area (Å²) in [4.78, 5) is 12.3. The van der Waals surface area contributed by atoms with Crippen molar-refractivity contribution in [3.63, 3.8) is 0 Å². The fraction of sp³-hybridized carbons (Fsp3) is 0.316. The van der Waals surface area contributed by atoms with Crippen molar-refractivity contribution >= 4 is 16.0 Å². The highest BCUT2D eigenvalue weighted by Gasteiger charge is 2.30. The van der Waals surface area contributed by atoms with Crippen LogP contribution in [-0.2, 0) is 26.0 Å². The molecule has 1 N–H and O–H groups in total. The Labute approximate surface area is 149 Å². The third-order valence-corrected chi connectivity index (χ3v) is 5.65. The third-order valence-electron chi connectivity index (χ3n) is 4.08. The van der Waals surface area contributed by atoms with Crippen molar-refractivity contribution in [1.82, 2.24) is 4.72 Å². The minimum absolute atomic E-state index is 0.174. The molecule has 2 rings (SSSR count). The van der Waals surface area contributed by atoms with E-state index in [4.69, 9.17) is 4.74 Å². The summed E-state index contributed by atoms with van der Waals surface area (Å²) >= 11 is 0. The van der Waals surface area contributed by atoms with E-state index in [1.807, 2.05) is 37.3 Å². The first-order valence-electron chi connectivity index (χ1n) is 8.04. The molecular formula is C19H23NO4S. The predicted molar refractivity (Wildman–Crippen MR) is 96.6 cm³/mol. The highest BCUT2D eigenvalue weighted by atomic mass is 32.2. The van der Waals surface area contributed by atoms with E-state index in [0.29, 0.717) is 6.42 Å². The maximum absolute atomic E-state index is 12.6. The lowest BCUT2D eigenvalue weighted by molar-refractivity contribution is -0.146. The zero-order valence-electron chi connectivity index (χ0n) is 14.6. The summed E-state index contributed by atoms with van der Waals surface area (Å²) in [5, 5.41) is 0. The van der Waals surface area contributed by atoms with E-state index in [1.165, 1.54) is 7.11 Å². The van der Waals surface area contributed by atoms with Gasteiger partial charge in [0.2, 0.25) is 10.0 Å². The number of aryl methyl sites for hydroxylation is 1. The fourth-order valence-electron chi connectivity index (χ4n) is 2.60. The molecule has 0 bridgehead atoms. The second-order valence-electron chi connectivity index (χ2n) is 6.04. The highest BCUT2D eigenvalue weighted by Crippen LogP contribution is 2.17. The van der Waals surface area contributed by atoms with Crippen molar-refractivity contribution in [3.05, 3.63) is 65.7 Å². The van der Waals surface area contributed by atoms with Gasteiger partial charge in [-0.1, -0.05) is 48.0 Å². The van der Waals surface area contributed by atoms with Gasteiger partial charge in [0.15, 0.2) is 0 Å². The average molecular weight is 361 g/mol. The average Bonchev–Trinajstić information content (AvgIpc) is 2.59. The fourth-order valence-corrected chi connectivity index (χ4v) is 3.88. The number of nitrogens with one attached hydrogen (secondary N) is 1. The van der Waals surface area contributed by atoms with E-state index in [0.717, 1.165) is 11.1 Å². The summed E-state index contributed by atoms with van der Waals surface area (Å²) in [5.74, 6) is -1.06. The summed E-state index contributed by atoms with van der Waals surface area (Å²) in [5.41, 5.74) is 1.92. The van der Waals surface area contributed by atoms with Gasteiger partial charge in [-0.05, 0) is 38.0 Å². The summed E-state index contributed by atoms with van der Waals surface area (Å²) in [6.07, 6.45) is 0.394. The summed E-state index contributed by atoms with van der Waals surface area (Å²) in [6, 6.07) is 15.4. The van der Waals surface area contributed by atoms with Crippen LogP contribution in [0, 0.1) is 12.8 Å². The molecule has 134 valence electrons. The maximum Gasteiger partial charge on any atom is 0.310 e. The van der Waals surface area contributed by atoms with Crippen LogP contribution in [0.4, 0.5) is 0 Å². The van der Waals surface area contributed by atoms with E-state index in [-0.39, 0.29) is 4.90 Å². The Hall–Kier alpha value is -2.18. The third kappa shape index (κ3) is 5.14. The molecule has 0 saturated carbocycles. The van der Waals surface area contributed by atoms with Gasteiger partial charge in [-0.3, -0.25) is 4.79 Å². The Morgan fingerprint density at radius 1 is 1.08 bits per heavy atom. The zero-order chi connectivity index (χ0) is 18.4. The molecule has 0 amide bonds. The normalized spacial score (nSPS) is 13.9. The van der Waals surface area contributed by atoms with E-state index in [2.05, 4.69) is 4.72 Å². The molecular weight excluding hydrogens is 338 g/mol. The second-order valence-corrected chi connectivity index (χ2v) is 7.76. The molecule has 5 nitrogen and oxygen atoms in total. The van der Waals surface area contributed by atoms with Gasteiger partial charge < -0.3 is 4.74 Å². The molecule has 0 heterocycles. The van der Waals surface area contributed by atoms with Crippen molar-refractivity contribution in [2.75, 3.05) is 7.11 Å². The van der Waals surface area contributed by atoms with E-state index in [1.54, 1.807) is 31.2 Å². The maximum atomic E-state index is 12.6. The molecule has 2 atom stereocenters. The molecule has 2 aromatic carbocycles. The molecule has 2 aromatic rings. The lowest BCUT2D eigenvalue weighted by atomic mass is 9.94. The Morgan fingerprint density at radius 3 is 2.24 bits per heavy atom. The van der Waals surface area contributed by atoms with Crippen LogP contribution in [0.3, 0.4) is 0 Å². The molecule has 0 fully saturated rings. The highest BCUT2D eigenvalue weighted by molar-refractivity contribution is 7.89. The number of hydrogen-bond acceptors (Lipinski definition) is 4. The van der Waals surface area contributed by atoms with Crippen LogP contribution in [0.25, 0.3) is 0 Å². The largest absolute Gasteiger partial charge is 0.469 e. The summed E-state index contributed by atoms with van der Waals surface area (Å²) < 4.78 is 32.6. The molecule has 25 heavy (non-hydrogen) atoms. The number of methoxy groups -OCH3 is 1. The van der Waals surface area contributed by atoms with Crippen LogP contribution in [0.5, 0.6) is 0 Å². The number of benzene rings is 2. The van der Waals surface area contributed by atoms with Crippen LogP contribution in [0.15, 0.2) is 59.5 Å². The van der Waals surface area contributed by atoms with Crippen molar-refractivity contribution in [2.24, 2.45) is 5.92 Å². The summed E-state index contributed by atoms with van der Waals surface area (Å²) in [7, 11) is -2.41. The lowest BCUT2D eigenvalue weighted by Crippen LogP contribution is -2.42. The minimum Gasteiger partial charge on any atom is -0.469 e. The molecule has 0 aliphatic heterocycles. The van der Waals surface area contributed by atoms with Gasteiger partial charge in [0.05, 0.1) is 17.9 Å². The van der Waals surface area contributed by atoms with E-state index >= 15 is 0 Å². The SMILES string of the molecule is COC(=O)[C@H](Cc1ccccc1)[C@H](C)NS(=O)(=O)c1ccc(C)cc1. The van der Waals surface area contributed by atoms with Crippen molar-refractivity contribution in [2.45, 2.75) is 31.2 Å². The quantitative estimate of drug-likeness (QED) is 0.770. The first kappa shape index (κ1) is 19.1. The van der Waals surface area contributed by atoms with Gasteiger partial charge in [-0.15, -0.1) is 0 Å². The predicted octanol–water partition coefficient (Wildman–Crippen LogP) is 2.69. The smallest absolute Gasteiger partial charge is 0.310 e. The van der Waals surface area contributed by atoms with Gasteiger partial charge in [0.25, 0.3) is 0 Å². The molecule has 0 aromatic heterocycles. The molecule has 6 heteroatoms. The Bertz CT molecular complexity index is 801. The number of carbonyl (C=O) groups excluding carboxylic acids is 1. The molecule has 0 aliphatic carbocycles. The lowest BCUT2D eigenvalue weighted by Gasteiger charge is -2.23. The number of rotatable bonds is 7. The number of hydrogen-bond donors (Lipinski definition) is 1. The van der Waals surface area contributed by atoms with Crippen molar-refractivity contribution < 1.29 is 17.9 Å². The van der Waals surface area contributed by atoms with Crippen LogP contribution >= 0.6 is 0 Å². The molecule has 0 spiro atoms. The molecule has 0 unspecified atom stereocenters. The number of esters is 1. The van der Waals surface area contributed by atoms with Gasteiger partial charge >= 0.3 is 5.97 Å². The van der Waals surface area contributed by atoms with Crippen LogP contribution in [0.2, 0.25) is 0 Å². The van der Waals surface area contributed by atoms with Crippen molar-refractivity contribution in [1.29, 1.82) is 0 Å². The first-order valence-corrected chi connectivity index (χ1v) is 9.52. The number of carbonyl (C=O) groups is 1. The van der Waals surface area contributed by atoms with Crippen LogP contribution in [0.1, 0.15) is 18.1 Å². The topological polar surface area (TPSA) is 72.5 Å². The van der Waals surface area contributed by atoms with E-state index in [9.17, 15) is 13.2 Å². The minimum atomic E-state index is -3.71. The van der Waals surface area contributed by atoms with E-state index < -0.39 is 28.0 Å². The standard InChI is InChI=1S/C19H23NO4S/c1-14-9-11-17(12-10-14)25(22,23)20-15(2)18(19(21)24-3)13-16-7-5-4-6-8-16/h4-12,15,18,20H,13H2,1-3H3/t15-,18+/m0/s1. The van der Waals surface area contributed by atoms with Crippen LogP contribution < -0.4 is 4.72 Å². The molecule has 0 radical (unpaired) electrons. The van der Waals surface area contributed by atoms with Gasteiger partial charge in [-0.25, -0.2) is 13.1 Å². The van der Waals surface area contributed by atoms with Crippen molar-refractivity contribution in [3.8, 4) is 0 Å². The van der Waals surface area contributed by atoms with Gasteiger partial charge in [0.1, 0.15) is 0 Å². The Kier molecular flexibility index (Phi) is 6.33. The Morgan fingerprint density at radius 2 is 1.68 bits per heavy atom. The molecule has 0 aliphatic rings. The molecule has 0 saturated heterocycles. The number of sulfonamides is 1. The summed E-state index contributed by atoms with van der Waals surface area (Å²) in [6.45, 7) is 3.57. The monoisotopic (exact) mass is 361 g/mol. The Balaban J connectivity index is 2.19. The number of ether oxygens (including phenoxy) is 1. The zero-order valence-corrected chi connectivity index (χ0v) is 15.4. The van der Waals surface area contributed by atoms with Gasteiger partial charge in [0, 0.05) is 6.04 Å². The first-order chi connectivity index (χ1) is 11.8. The van der Waals surface area contributed by atoms with Crippen LogP contribution in [-0.4, -0.2) is 27.5 Å². The van der Waals surface area contributed by atoms with Gasteiger partial charge in [-0.2, -0.15) is 0 Å². The second kappa shape index (κ2) is 8.27.